The molecule has 0 bridgehead atoms. The molecule has 0 saturated carbocycles. The number of carbonyl (C=O) groups is 1. The van der Waals surface area contributed by atoms with Crippen molar-refractivity contribution in [3.8, 4) is 0 Å². The highest BCUT2D eigenvalue weighted by Crippen LogP contribution is 2.38. The molecule has 3 aromatic rings. The highest BCUT2D eigenvalue weighted by Gasteiger charge is 2.42. The van der Waals surface area contributed by atoms with Gasteiger partial charge in [0, 0.05) is 17.8 Å². The molecule has 5 nitrogen and oxygen atoms in total. The van der Waals surface area contributed by atoms with E-state index in [4.69, 9.17) is 11.6 Å². The first-order valence-corrected chi connectivity index (χ1v) is 9.96. The summed E-state index contributed by atoms with van der Waals surface area (Å²) in [6.45, 7) is 4.17. The molecule has 30 heavy (non-hydrogen) atoms. The summed E-state index contributed by atoms with van der Waals surface area (Å²) in [5, 5.41) is 8.43. The number of aromatic nitrogens is 3. The van der Waals surface area contributed by atoms with Crippen LogP contribution in [0, 0.1) is 0 Å². The summed E-state index contributed by atoms with van der Waals surface area (Å²) in [7, 11) is 0. The number of hydrogen-bond donors (Lipinski definition) is 0. The largest absolute Gasteiger partial charge is 0.420 e. The fraction of sp³-hybridized carbons (Fsp3) is 0.381. The smallest absolute Gasteiger partial charge is 0.332 e. The first-order valence-electron chi connectivity index (χ1n) is 9.58. The van der Waals surface area contributed by atoms with E-state index in [2.05, 4.69) is 10.2 Å². The van der Waals surface area contributed by atoms with Crippen molar-refractivity contribution in [1.29, 1.82) is 0 Å². The molecule has 0 spiro atoms. The molecule has 3 heterocycles. The van der Waals surface area contributed by atoms with Crippen molar-refractivity contribution in [2.24, 2.45) is 0 Å². The van der Waals surface area contributed by atoms with E-state index in [1.807, 2.05) is 26.0 Å². The molecule has 1 amide bonds. The molecule has 0 radical (unpaired) electrons. The van der Waals surface area contributed by atoms with Crippen molar-refractivity contribution >= 4 is 23.2 Å². The number of fused-ring (bicyclic) bond motifs is 1. The number of benzene rings is 1. The van der Waals surface area contributed by atoms with E-state index >= 15 is 0 Å². The van der Waals surface area contributed by atoms with Gasteiger partial charge >= 0.3 is 6.18 Å². The third-order valence-electron chi connectivity index (χ3n) is 5.68. The number of carbonyl (C=O) groups excluding carboxylic acids is 1. The number of nitrogens with zero attached hydrogens (tertiary/aromatic N) is 4. The Bertz CT molecular complexity index is 1090. The molecular weight excluding hydrogens is 417 g/mol. The molecule has 9 heteroatoms. The molecule has 1 aromatic carbocycles. The van der Waals surface area contributed by atoms with Gasteiger partial charge in [-0.3, -0.25) is 9.20 Å². The molecule has 1 atom stereocenters. The van der Waals surface area contributed by atoms with Crippen LogP contribution in [-0.2, 0) is 16.4 Å². The number of pyridine rings is 1. The predicted molar refractivity (Wildman–Crippen MR) is 106 cm³/mol. The van der Waals surface area contributed by atoms with Crippen LogP contribution in [0.25, 0.3) is 5.65 Å². The molecule has 0 N–H and O–H groups in total. The van der Waals surface area contributed by atoms with Crippen LogP contribution in [0.4, 0.5) is 13.2 Å². The Morgan fingerprint density at radius 1 is 1.13 bits per heavy atom. The summed E-state index contributed by atoms with van der Waals surface area (Å²) in [6, 6.07) is 8.95. The zero-order chi connectivity index (χ0) is 21.7. The molecule has 0 aliphatic carbocycles. The van der Waals surface area contributed by atoms with E-state index < -0.39 is 23.2 Å². The Kier molecular flexibility index (Phi) is 5.00. The van der Waals surface area contributed by atoms with E-state index in [1.165, 1.54) is 16.7 Å². The van der Waals surface area contributed by atoms with Crippen molar-refractivity contribution in [2.75, 3.05) is 6.54 Å². The Labute approximate surface area is 176 Å². The lowest BCUT2D eigenvalue weighted by Crippen LogP contribution is -2.43. The second-order valence-corrected chi connectivity index (χ2v) is 8.40. The molecular formula is C21H20ClF3N4O. The summed E-state index contributed by atoms with van der Waals surface area (Å²) in [5.74, 6) is 0.227. The van der Waals surface area contributed by atoms with Gasteiger partial charge in [0.05, 0.1) is 11.5 Å². The summed E-state index contributed by atoms with van der Waals surface area (Å²) in [6.07, 6.45) is -1.68. The lowest BCUT2D eigenvalue weighted by atomic mass is 9.83. The molecule has 158 valence electrons. The van der Waals surface area contributed by atoms with Crippen LogP contribution >= 0.6 is 11.6 Å². The molecule has 1 saturated heterocycles. The van der Waals surface area contributed by atoms with Crippen molar-refractivity contribution in [3.63, 3.8) is 0 Å². The van der Waals surface area contributed by atoms with Crippen molar-refractivity contribution < 1.29 is 18.0 Å². The van der Waals surface area contributed by atoms with Crippen molar-refractivity contribution in [1.82, 2.24) is 19.5 Å². The van der Waals surface area contributed by atoms with Crippen molar-refractivity contribution in [3.05, 3.63) is 64.6 Å². The standard InChI is InChI=1S/C21H20ClF3N4O/c1-20(2,13-7-9-14(22)10-8-13)19(30)28-11-4-6-16(28)18-27-26-17-15(21(23,24)25)5-3-12-29(17)18/h3,5,7-10,12,16H,4,6,11H2,1-2H3. The summed E-state index contributed by atoms with van der Waals surface area (Å²) in [4.78, 5) is 15.2. The van der Waals surface area contributed by atoms with Gasteiger partial charge in [0.2, 0.25) is 5.91 Å². The number of alkyl halides is 3. The van der Waals surface area contributed by atoms with Crippen LogP contribution in [0.1, 0.15) is 49.7 Å². The Morgan fingerprint density at radius 2 is 1.83 bits per heavy atom. The van der Waals surface area contributed by atoms with E-state index in [-0.39, 0.29) is 11.6 Å². The summed E-state index contributed by atoms with van der Waals surface area (Å²) < 4.78 is 41.3. The minimum Gasteiger partial charge on any atom is -0.332 e. The van der Waals surface area contributed by atoms with Gasteiger partial charge in [-0.25, -0.2) is 0 Å². The van der Waals surface area contributed by atoms with E-state index in [0.29, 0.717) is 23.8 Å². The quantitative estimate of drug-likeness (QED) is 0.577. The SMILES string of the molecule is CC(C)(C(=O)N1CCCC1c1nnc2c(C(F)(F)F)cccn12)c1ccc(Cl)cc1. The van der Waals surface area contributed by atoms with Crippen LogP contribution < -0.4 is 0 Å². The minimum absolute atomic E-state index is 0.115. The highest BCUT2D eigenvalue weighted by molar-refractivity contribution is 6.30. The summed E-state index contributed by atoms with van der Waals surface area (Å²) >= 11 is 5.97. The van der Waals surface area contributed by atoms with Crippen molar-refractivity contribution in [2.45, 2.75) is 44.3 Å². The van der Waals surface area contributed by atoms with Crippen LogP contribution in [-0.4, -0.2) is 31.9 Å². The van der Waals surface area contributed by atoms with E-state index in [1.54, 1.807) is 17.0 Å². The molecule has 1 aliphatic rings. The molecule has 2 aromatic heterocycles. The monoisotopic (exact) mass is 436 g/mol. The number of hydrogen-bond acceptors (Lipinski definition) is 3. The maximum absolute atomic E-state index is 13.5. The van der Waals surface area contributed by atoms with Gasteiger partial charge in [-0.2, -0.15) is 13.2 Å². The van der Waals surface area contributed by atoms with E-state index in [0.717, 1.165) is 18.1 Å². The normalized spacial score (nSPS) is 17.7. The van der Waals surface area contributed by atoms with Gasteiger partial charge in [-0.05, 0) is 56.5 Å². The van der Waals surface area contributed by atoms with Gasteiger partial charge in [0.1, 0.15) is 5.56 Å². The lowest BCUT2D eigenvalue weighted by molar-refractivity contribution is -0.138. The number of halogens is 4. The number of amides is 1. The second-order valence-electron chi connectivity index (χ2n) is 7.96. The van der Waals surface area contributed by atoms with Crippen LogP contribution in [0.2, 0.25) is 5.02 Å². The highest BCUT2D eigenvalue weighted by atomic mass is 35.5. The number of rotatable bonds is 3. The van der Waals surface area contributed by atoms with Gasteiger partial charge < -0.3 is 4.90 Å². The predicted octanol–water partition coefficient (Wildman–Crippen LogP) is 5.04. The fourth-order valence-corrected chi connectivity index (χ4v) is 4.14. The molecule has 1 fully saturated rings. The first-order chi connectivity index (χ1) is 14.1. The zero-order valence-electron chi connectivity index (χ0n) is 16.4. The average molecular weight is 437 g/mol. The fourth-order valence-electron chi connectivity index (χ4n) is 4.01. The zero-order valence-corrected chi connectivity index (χ0v) is 17.2. The van der Waals surface area contributed by atoms with Crippen LogP contribution in [0.5, 0.6) is 0 Å². The average Bonchev–Trinajstić information content (AvgIpc) is 3.33. The maximum atomic E-state index is 13.5. The van der Waals surface area contributed by atoms with Gasteiger partial charge in [0.25, 0.3) is 0 Å². The Morgan fingerprint density at radius 3 is 2.50 bits per heavy atom. The molecule has 1 aliphatic heterocycles. The maximum Gasteiger partial charge on any atom is 0.420 e. The van der Waals surface area contributed by atoms with Gasteiger partial charge in [-0.15, -0.1) is 10.2 Å². The topological polar surface area (TPSA) is 50.5 Å². The first kappa shape index (κ1) is 20.7. The van der Waals surface area contributed by atoms with Crippen LogP contribution in [0.15, 0.2) is 42.6 Å². The molecule has 1 unspecified atom stereocenters. The number of likely N-dealkylation sites (tertiary alicyclic amines) is 1. The van der Waals surface area contributed by atoms with Gasteiger partial charge in [0.15, 0.2) is 11.5 Å². The third kappa shape index (κ3) is 3.43. The Hall–Kier alpha value is -2.61. The summed E-state index contributed by atoms with van der Waals surface area (Å²) in [5.41, 5.74) is -1.12. The molecule has 4 rings (SSSR count). The van der Waals surface area contributed by atoms with Gasteiger partial charge in [-0.1, -0.05) is 23.7 Å². The second kappa shape index (κ2) is 7.27. The van der Waals surface area contributed by atoms with E-state index in [9.17, 15) is 18.0 Å². The minimum atomic E-state index is -4.53. The lowest BCUT2D eigenvalue weighted by Gasteiger charge is -2.33. The third-order valence-corrected chi connectivity index (χ3v) is 5.93. The van der Waals surface area contributed by atoms with Crippen LogP contribution in [0.3, 0.4) is 0 Å². The Balaban J connectivity index is 1.71.